The predicted octanol–water partition coefficient (Wildman–Crippen LogP) is 4.87. The van der Waals surface area contributed by atoms with E-state index in [-0.39, 0.29) is 24.4 Å². The van der Waals surface area contributed by atoms with E-state index in [0.29, 0.717) is 6.42 Å². The lowest BCUT2D eigenvalue weighted by molar-refractivity contribution is -0.121. The third kappa shape index (κ3) is 7.24. The summed E-state index contributed by atoms with van der Waals surface area (Å²) in [5.74, 6) is 0.968. The molecular weight excluding hydrogens is 360 g/mol. The van der Waals surface area contributed by atoms with E-state index in [1.165, 1.54) is 0 Å². The highest BCUT2D eigenvalue weighted by atomic mass is 35.5. The number of methoxy groups -OCH3 is 1. The summed E-state index contributed by atoms with van der Waals surface area (Å²) < 4.78 is 5.43. The smallest absolute Gasteiger partial charge is 0.220 e. The first-order valence-electron chi connectivity index (χ1n) is 9.38. The number of rotatable bonds is 10. The number of hydrogen-bond acceptors (Lipinski definition) is 3. The van der Waals surface area contributed by atoms with Gasteiger partial charge in [-0.3, -0.25) is 4.79 Å². The molecule has 5 heteroatoms. The maximum absolute atomic E-state index is 12.1. The Bertz CT molecular complexity index is 689. The van der Waals surface area contributed by atoms with Gasteiger partial charge in [-0.05, 0) is 43.5 Å². The van der Waals surface area contributed by atoms with Gasteiger partial charge in [-0.2, -0.15) is 0 Å². The Hall–Kier alpha value is -2.04. The summed E-state index contributed by atoms with van der Waals surface area (Å²) in [6.07, 6.45) is 4.70. The molecular formula is C22H31ClN2O2. The first-order valence-corrected chi connectivity index (χ1v) is 9.38. The Morgan fingerprint density at radius 3 is 2.37 bits per heavy atom. The largest absolute Gasteiger partial charge is 0.496 e. The molecule has 0 aromatic heterocycles. The van der Waals surface area contributed by atoms with Crippen LogP contribution in [-0.4, -0.2) is 19.6 Å². The van der Waals surface area contributed by atoms with Crippen molar-refractivity contribution in [2.45, 2.75) is 45.1 Å². The van der Waals surface area contributed by atoms with Crippen molar-refractivity contribution < 1.29 is 9.53 Å². The van der Waals surface area contributed by atoms with Crippen LogP contribution in [0.5, 0.6) is 5.75 Å². The number of carbonyl (C=O) groups excluding carboxylic acids is 1. The van der Waals surface area contributed by atoms with Crippen molar-refractivity contribution in [2.24, 2.45) is 5.73 Å². The van der Waals surface area contributed by atoms with Crippen molar-refractivity contribution in [1.29, 1.82) is 0 Å². The Balaban J connectivity index is 0.00000364. The van der Waals surface area contributed by atoms with Gasteiger partial charge in [-0.15, -0.1) is 12.4 Å². The van der Waals surface area contributed by atoms with Gasteiger partial charge in [0, 0.05) is 12.0 Å². The molecule has 0 bridgehead atoms. The predicted molar refractivity (Wildman–Crippen MR) is 114 cm³/mol. The van der Waals surface area contributed by atoms with Crippen molar-refractivity contribution in [3.63, 3.8) is 0 Å². The van der Waals surface area contributed by atoms with E-state index in [9.17, 15) is 4.79 Å². The molecule has 0 aliphatic rings. The Labute approximate surface area is 168 Å². The van der Waals surface area contributed by atoms with Gasteiger partial charge in [0.2, 0.25) is 5.91 Å². The molecule has 0 fully saturated rings. The fraction of sp³-hybridized carbons (Fsp3) is 0.409. The second-order valence-corrected chi connectivity index (χ2v) is 6.56. The van der Waals surface area contributed by atoms with Crippen molar-refractivity contribution in [1.82, 2.24) is 5.32 Å². The third-order valence-corrected chi connectivity index (χ3v) is 4.56. The van der Waals surface area contributed by atoms with Gasteiger partial charge in [0.15, 0.2) is 0 Å². The Morgan fingerprint density at radius 1 is 1.04 bits per heavy atom. The summed E-state index contributed by atoms with van der Waals surface area (Å²) in [7, 11) is 1.68. The van der Waals surface area contributed by atoms with E-state index in [4.69, 9.17) is 10.5 Å². The van der Waals surface area contributed by atoms with E-state index in [0.717, 1.165) is 54.7 Å². The summed E-state index contributed by atoms with van der Waals surface area (Å²) in [6.45, 7) is 2.75. The molecule has 4 nitrogen and oxygen atoms in total. The molecule has 148 valence electrons. The van der Waals surface area contributed by atoms with Crippen molar-refractivity contribution in [3.8, 4) is 16.9 Å². The second-order valence-electron chi connectivity index (χ2n) is 6.56. The number of ether oxygens (including phenoxy) is 1. The van der Waals surface area contributed by atoms with Crippen molar-refractivity contribution in [3.05, 3.63) is 54.1 Å². The lowest BCUT2D eigenvalue weighted by Gasteiger charge is -2.15. The normalized spacial score (nSPS) is 11.4. The summed E-state index contributed by atoms with van der Waals surface area (Å²) in [4.78, 5) is 12.1. The van der Waals surface area contributed by atoms with E-state index >= 15 is 0 Å². The average Bonchev–Trinajstić information content (AvgIpc) is 2.68. The highest BCUT2D eigenvalue weighted by molar-refractivity contribution is 5.85. The first-order chi connectivity index (χ1) is 12.7. The number of amides is 1. The standard InChI is InChI=1S/C22H30N2O2.ClH/c1-17(24-22(25)11-5-3-4-8-16-23)18-12-14-19(15-13-18)20-9-6-7-10-21(20)26-2;/h6-7,9-10,12-15,17H,3-5,8,11,16,23H2,1-2H3,(H,24,25);1H. The summed E-state index contributed by atoms with van der Waals surface area (Å²) in [5.41, 5.74) is 8.74. The zero-order valence-electron chi connectivity index (χ0n) is 16.2. The monoisotopic (exact) mass is 390 g/mol. The average molecular weight is 391 g/mol. The molecule has 0 saturated heterocycles. The van der Waals surface area contributed by atoms with E-state index in [1.54, 1.807) is 7.11 Å². The van der Waals surface area contributed by atoms with Crippen LogP contribution in [0.15, 0.2) is 48.5 Å². The number of nitrogens with one attached hydrogen (secondary N) is 1. The fourth-order valence-electron chi connectivity index (χ4n) is 3.01. The number of halogens is 1. The van der Waals surface area contributed by atoms with Crippen LogP contribution in [-0.2, 0) is 4.79 Å². The van der Waals surface area contributed by atoms with Crippen LogP contribution in [0.2, 0.25) is 0 Å². The minimum Gasteiger partial charge on any atom is -0.496 e. The maximum atomic E-state index is 12.1. The van der Waals surface area contributed by atoms with Gasteiger partial charge in [0.1, 0.15) is 5.75 Å². The van der Waals surface area contributed by atoms with Gasteiger partial charge >= 0.3 is 0 Å². The number of carbonyl (C=O) groups is 1. The van der Waals surface area contributed by atoms with Crippen LogP contribution in [0.4, 0.5) is 0 Å². The minimum atomic E-state index is -0.00161. The van der Waals surface area contributed by atoms with Crippen LogP contribution >= 0.6 is 12.4 Å². The quantitative estimate of drug-likeness (QED) is 0.569. The zero-order chi connectivity index (χ0) is 18.8. The van der Waals surface area contributed by atoms with Crippen molar-refractivity contribution >= 4 is 18.3 Å². The van der Waals surface area contributed by atoms with Gasteiger partial charge in [0.25, 0.3) is 0 Å². The lowest BCUT2D eigenvalue weighted by atomic mass is 10.0. The van der Waals surface area contributed by atoms with Gasteiger partial charge < -0.3 is 15.8 Å². The summed E-state index contributed by atoms with van der Waals surface area (Å²) >= 11 is 0. The van der Waals surface area contributed by atoms with Crippen LogP contribution in [0.3, 0.4) is 0 Å². The molecule has 0 heterocycles. The molecule has 0 saturated carbocycles. The highest BCUT2D eigenvalue weighted by Crippen LogP contribution is 2.30. The number of nitrogens with two attached hydrogens (primary N) is 1. The molecule has 0 aliphatic heterocycles. The Kier molecular flexibility index (Phi) is 10.5. The molecule has 2 aromatic carbocycles. The van der Waals surface area contributed by atoms with Gasteiger partial charge in [0.05, 0.1) is 13.2 Å². The number of benzene rings is 2. The molecule has 27 heavy (non-hydrogen) atoms. The SMILES string of the molecule is COc1ccccc1-c1ccc(C(C)NC(=O)CCCCCCN)cc1.Cl. The molecule has 1 atom stereocenters. The molecule has 3 N–H and O–H groups in total. The van der Waals surface area contributed by atoms with Crippen LogP contribution in [0.25, 0.3) is 11.1 Å². The fourth-order valence-corrected chi connectivity index (χ4v) is 3.01. The molecule has 1 unspecified atom stereocenters. The van der Waals surface area contributed by atoms with Crippen LogP contribution in [0, 0.1) is 0 Å². The minimum absolute atomic E-state index is 0. The van der Waals surface area contributed by atoms with Gasteiger partial charge in [-0.1, -0.05) is 55.3 Å². The van der Waals surface area contributed by atoms with E-state index in [2.05, 4.69) is 29.6 Å². The van der Waals surface area contributed by atoms with E-state index < -0.39 is 0 Å². The number of hydrogen-bond donors (Lipinski definition) is 2. The maximum Gasteiger partial charge on any atom is 0.220 e. The molecule has 0 spiro atoms. The number of unbranched alkanes of at least 4 members (excludes halogenated alkanes) is 3. The van der Waals surface area contributed by atoms with Crippen LogP contribution in [0.1, 0.15) is 50.6 Å². The van der Waals surface area contributed by atoms with Gasteiger partial charge in [-0.25, -0.2) is 0 Å². The Morgan fingerprint density at radius 2 is 1.70 bits per heavy atom. The molecule has 1 amide bonds. The first kappa shape index (κ1) is 23.0. The molecule has 0 aliphatic carbocycles. The molecule has 2 rings (SSSR count). The zero-order valence-corrected chi connectivity index (χ0v) is 17.1. The summed E-state index contributed by atoms with van der Waals surface area (Å²) in [6, 6.07) is 16.2. The lowest BCUT2D eigenvalue weighted by Crippen LogP contribution is -2.26. The highest BCUT2D eigenvalue weighted by Gasteiger charge is 2.10. The van der Waals surface area contributed by atoms with E-state index in [1.807, 2.05) is 31.2 Å². The van der Waals surface area contributed by atoms with Crippen molar-refractivity contribution in [2.75, 3.05) is 13.7 Å². The molecule has 0 radical (unpaired) electrons. The van der Waals surface area contributed by atoms with Crippen LogP contribution < -0.4 is 15.8 Å². The topological polar surface area (TPSA) is 64.3 Å². The molecule has 2 aromatic rings. The number of para-hydroxylation sites is 1. The summed E-state index contributed by atoms with van der Waals surface area (Å²) in [5, 5.41) is 3.08. The second kappa shape index (κ2) is 12.4. The third-order valence-electron chi connectivity index (χ3n) is 4.56.